The van der Waals surface area contributed by atoms with Gasteiger partial charge < -0.3 is 29.7 Å². The number of aryl methyl sites for hydroxylation is 1. The van der Waals surface area contributed by atoms with Gasteiger partial charge in [-0.3, -0.25) is 4.79 Å². The second kappa shape index (κ2) is 11.0. The average molecular weight is 487 g/mol. The standard InChI is InChI=1S/C26H38N4O5/c1-17-13-20(6-7-21(17)23(33)27-15-19(32)16-31)34-12-4-5-18-8-10-30(11-9-18)25-28-24(35-29-25)22-14-26(22,2)3/h6-7,13,18-19,22,31-32H,4-5,8-12,14-16H2,1-3H3,(H,27,33). The van der Waals surface area contributed by atoms with E-state index in [4.69, 9.17) is 14.4 Å². The maximum Gasteiger partial charge on any atom is 0.266 e. The maximum atomic E-state index is 12.2. The number of nitrogens with zero attached hydrogens (tertiary/aromatic N) is 3. The number of aliphatic hydroxyl groups is 2. The van der Waals surface area contributed by atoms with Crippen LogP contribution in [0.1, 0.15) is 73.7 Å². The molecule has 1 saturated carbocycles. The van der Waals surface area contributed by atoms with E-state index in [2.05, 4.69) is 34.2 Å². The molecule has 0 spiro atoms. The minimum absolute atomic E-state index is 0.0148. The summed E-state index contributed by atoms with van der Waals surface area (Å²) in [5.41, 5.74) is 1.63. The number of aromatic nitrogens is 2. The summed E-state index contributed by atoms with van der Waals surface area (Å²) in [6.45, 7) is 8.51. The number of anilines is 1. The first kappa shape index (κ1) is 25.4. The molecule has 2 aliphatic rings. The zero-order valence-corrected chi connectivity index (χ0v) is 21.0. The molecule has 0 radical (unpaired) electrons. The minimum Gasteiger partial charge on any atom is -0.494 e. The highest BCUT2D eigenvalue weighted by Crippen LogP contribution is 2.58. The summed E-state index contributed by atoms with van der Waals surface area (Å²) in [5.74, 6) is 3.07. The van der Waals surface area contributed by atoms with Crippen LogP contribution in [0, 0.1) is 18.3 Å². The van der Waals surface area contributed by atoms with E-state index in [-0.39, 0.29) is 19.1 Å². The number of amides is 1. The molecule has 2 atom stereocenters. The highest BCUT2D eigenvalue weighted by Gasteiger charge is 2.50. The van der Waals surface area contributed by atoms with Crippen molar-refractivity contribution in [1.29, 1.82) is 0 Å². The Hall–Kier alpha value is -2.65. The lowest BCUT2D eigenvalue weighted by Crippen LogP contribution is -2.34. The number of benzene rings is 1. The zero-order chi connectivity index (χ0) is 25.0. The van der Waals surface area contributed by atoms with Crippen molar-refractivity contribution in [2.75, 3.05) is 37.7 Å². The molecule has 9 heteroatoms. The number of aliphatic hydroxyl groups excluding tert-OH is 2. The molecule has 192 valence electrons. The van der Waals surface area contributed by atoms with E-state index in [0.717, 1.165) is 68.3 Å². The molecule has 2 fully saturated rings. The van der Waals surface area contributed by atoms with Gasteiger partial charge in [-0.1, -0.05) is 13.8 Å². The Bertz CT molecular complexity index is 999. The van der Waals surface area contributed by atoms with Crippen LogP contribution in [0.2, 0.25) is 0 Å². The zero-order valence-electron chi connectivity index (χ0n) is 21.0. The van der Waals surface area contributed by atoms with Crippen LogP contribution < -0.4 is 15.0 Å². The molecule has 0 bridgehead atoms. The molecular formula is C26H38N4O5. The van der Waals surface area contributed by atoms with E-state index < -0.39 is 6.10 Å². The summed E-state index contributed by atoms with van der Waals surface area (Å²) < 4.78 is 11.4. The fourth-order valence-corrected chi connectivity index (χ4v) is 4.72. The predicted octanol–water partition coefficient (Wildman–Crippen LogP) is 3.05. The lowest BCUT2D eigenvalue weighted by Gasteiger charge is -2.30. The highest BCUT2D eigenvalue weighted by molar-refractivity contribution is 5.95. The van der Waals surface area contributed by atoms with Crippen molar-refractivity contribution in [1.82, 2.24) is 15.5 Å². The summed E-state index contributed by atoms with van der Waals surface area (Å²) >= 11 is 0. The second-order valence-corrected chi connectivity index (χ2v) is 10.6. The molecule has 9 nitrogen and oxygen atoms in total. The number of piperidine rings is 1. The first-order valence-electron chi connectivity index (χ1n) is 12.7. The van der Waals surface area contributed by atoms with Gasteiger partial charge in [0.25, 0.3) is 11.9 Å². The summed E-state index contributed by atoms with van der Waals surface area (Å²) in [7, 11) is 0. The normalized spacial score (nSPS) is 20.5. The Kier molecular flexibility index (Phi) is 7.96. The van der Waals surface area contributed by atoms with Crippen LogP contribution in [0.4, 0.5) is 5.95 Å². The third-order valence-electron chi connectivity index (χ3n) is 7.32. The van der Waals surface area contributed by atoms with E-state index >= 15 is 0 Å². The van der Waals surface area contributed by atoms with E-state index in [1.807, 2.05) is 13.0 Å². The van der Waals surface area contributed by atoms with Gasteiger partial charge in [-0.15, -0.1) is 0 Å². The summed E-state index contributed by atoms with van der Waals surface area (Å²) in [6.07, 6.45) is 4.50. The number of hydrogen-bond acceptors (Lipinski definition) is 8. The third kappa shape index (κ3) is 6.52. The average Bonchev–Trinajstić information content (AvgIpc) is 3.24. The molecule has 2 heterocycles. The van der Waals surface area contributed by atoms with E-state index in [0.29, 0.717) is 29.4 Å². The molecule has 4 rings (SSSR count). The Balaban J connectivity index is 1.14. The number of carbonyl (C=O) groups is 1. The van der Waals surface area contributed by atoms with Crippen LogP contribution in [0.25, 0.3) is 0 Å². The topological polar surface area (TPSA) is 121 Å². The molecule has 1 aromatic heterocycles. The molecule has 1 aromatic carbocycles. The summed E-state index contributed by atoms with van der Waals surface area (Å²) in [5, 5.41) is 25.1. The van der Waals surface area contributed by atoms with Crippen LogP contribution in [0.3, 0.4) is 0 Å². The Morgan fingerprint density at radius 1 is 1.34 bits per heavy atom. The van der Waals surface area contributed by atoms with Crippen LogP contribution in [0.5, 0.6) is 5.75 Å². The Morgan fingerprint density at radius 3 is 2.74 bits per heavy atom. The fraction of sp³-hybridized carbons (Fsp3) is 0.654. The Morgan fingerprint density at radius 2 is 2.09 bits per heavy atom. The number of carbonyl (C=O) groups excluding carboxylic acids is 1. The van der Waals surface area contributed by atoms with Crippen LogP contribution in [-0.4, -0.2) is 65.2 Å². The van der Waals surface area contributed by atoms with Gasteiger partial charge in [-0.05, 0) is 79.3 Å². The van der Waals surface area contributed by atoms with Gasteiger partial charge in [0.2, 0.25) is 5.89 Å². The molecular weight excluding hydrogens is 448 g/mol. The number of rotatable bonds is 11. The molecule has 1 aliphatic heterocycles. The van der Waals surface area contributed by atoms with E-state index in [1.165, 1.54) is 0 Å². The van der Waals surface area contributed by atoms with Crippen molar-refractivity contribution < 1.29 is 24.3 Å². The first-order valence-corrected chi connectivity index (χ1v) is 12.7. The van der Waals surface area contributed by atoms with Crippen LogP contribution in [-0.2, 0) is 0 Å². The smallest absolute Gasteiger partial charge is 0.266 e. The van der Waals surface area contributed by atoms with Gasteiger partial charge >= 0.3 is 0 Å². The monoisotopic (exact) mass is 486 g/mol. The van der Waals surface area contributed by atoms with Crippen LogP contribution >= 0.6 is 0 Å². The van der Waals surface area contributed by atoms with Crippen LogP contribution in [0.15, 0.2) is 22.7 Å². The van der Waals surface area contributed by atoms with E-state index in [1.54, 1.807) is 12.1 Å². The third-order valence-corrected chi connectivity index (χ3v) is 7.32. The largest absolute Gasteiger partial charge is 0.494 e. The van der Waals surface area contributed by atoms with Gasteiger partial charge in [-0.25, -0.2) is 0 Å². The number of ether oxygens (including phenoxy) is 1. The fourth-order valence-electron chi connectivity index (χ4n) is 4.72. The lowest BCUT2D eigenvalue weighted by atomic mass is 9.92. The van der Waals surface area contributed by atoms with Gasteiger partial charge in [0.1, 0.15) is 5.75 Å². The van der Waals surface area contributed by atoms with Gasteiger partial charge in [0, 0.05) is 31.1 Å². The molecule has 35 heavy (non-hydrogen) atoms. The SMILES string of the molecule is Cc1cc(OCCCC2CCN(c3noc(C4CC4(C)C)n3)CC2)ccc1C(=O)NCC(O)CO. The maximum absolute atomic E-state index is 12.2. The lowest BCUT2D eigenvalue weighted by molar-refractivity contribution is 0.0801. The van der Waals surface area contributed by atoms with Crippen molar-refractivity contribution in [3.05, 3.63) is 35.2 Å². The molecule has 1 aliphatic carbocycles. The highest BCUT2D eigenvalue weighted by atomic mass is 16.5. The van der Waals surface area contributed by atoms with Gasteiger partial charge in [-0.2, -0.15) is 4.98 Å². The minimum atomic E-state index is -0.957. The summed E-state index contributed by atoms with van der Waals surface area (Å²) in [4.78, 5) is 19.1. The number of nitrogens with one attached hydrogen (secondary N) is 1. The molecule has 3 N–H and O–H groups in total. The molecule has 2 unspecified atom stereocenters. The summed E-state index contributed by atoms with van der Waals surface area (Å²) in [6, 6.07) is 5.39. The van der Waals surface area contributed by atoms with Gasteiger partial charge in [0.05, 0.1) is 19.3 Å². The van der Waals surface area contributed by atoms with Crippen molar-refractivity contribution >= 4 is 11.9 Å². The van der Waals surface area contributed by atoms with Crippen molar-refractivity contribution in [3.63, 3.8) is 0 Å². The Labute approximate surface area is 206 Å². The molecule has 1 saturated heterocycles. The molecule has 1 amide bonds. The van der Waals surface area contributed by atoms with Crippen molar-refractivity contribution in [3.8, 4) is 5.75 Å². The predicted molar refractivity (Wildman–Crippen MR) is 132 cm³/mol. The van der Waals surface area contributed by atoms with Gasteiger partial charge in [0.15, 0.2) is 0 Å². The quantitative estimate of drug-likeness (QED) is 0.415. The van der Waals surface area contributed by atoms with E-state index in [9.17, 15) is 9.90 Å². The van der Waals surface area contributed by atoms with Crippen molar-refractivity contribution in [2.45, 2.75) is 64.9 Å². The number of hydrogen-bond donors (Lipinski definition) is 3. The first-order chi connectivity index (χ1) is 16.8. The second-order valence-electron chi connectivity index (χ2n) is 10.6. The van der Waals surface area contributed by atoms with Crippen molar-refractivity contribution in [2.24, 2.45) is 11.3 Å². The molecule has 2 aromatic rings.